The highest BCUT2D eigenvalue weighted by molar-refractivity contribution is 5.57. The van der Waals surface area contributed by atoms with E-state index < -0.39 is 0 Å². The average molecular weight is 207 g/mol. The maximum absolute atomic E-state index is 13.5. The quantitative estimate of drug-likeness (QED) is 0.706. The third-order valence-corrected chi connectivity index (χ3v) is 3.56. The second-order valence-electron chi connectivity index (χ2n) is 4.61. The molecule has 0 aromatic heterocycles. The van der Waals surface area contributed by atoms with Crippen molar-refractivity contribution in [2.45, 2.75) is 19.3 Å². The molecule has 1 saturated carbocycles. The van der Waals surface area contributed by atoms with Crippen LogP contribution in [-0.4, -0.2) is 13.2 Å². The van der Waals surface area contributed by atoms with Gasteiger partial charge in [0.2, 0.25) is 0 Å². The molecule has 1 aromatic rings. The maximum atomic E-state index is 13.5. The Kier molecular flexibility index (Phi) is 1.87. The van der Waals surface area contributed by atoms with Crippen LogP contribution in [0.3, 0.4) is 0 Å². The molecule has 1 heterocycles. The summed E-state index contributed by atoms with van der Waals surface area (Å²) in [5, 5.41) is 3.29. The first-order valence-corrected chi connectivity index (χ1v) is 5.44. The number of anilines is 1. The molecular formula is C12H14FNO. The van der Waals surface area contributed by atoms with Crippen LogP contribution in [0.1, 0.15) is 19.3 Å². The lowest BCUT2D eigenvalue weighted by atomic mass is 9.69. The summed E-state index contributed by atoms with van der Waals surface area (Å²) in [6.07, 6.45) is 3.65. The molecule has 0 bridgehead atoms. The molecule has 3 heteroatoms. The van der Waals surface area contributed by atoms with E-state index in [1.54, 1.807) is 6.07 Å². The van der Waals surface area contributed by atoms with E-state index in [9.17, 15) is 4.39 Å². The number of halogens is 1. The van der Waals surface area contributed by atoms with Crippen molar-refractivity contribution in [3.05, 3.63) is 24.0 Å². The molecule has 0 amide bonds. The average Bonchev–Trinajstić information content (AvgIpc) is 2.37. The lowest BCUT2D eigenvalue weighted by Gasteiger charge is -2.40. The zero-order valence-electron chi connectivity index (χ0n) is 8.55. The van der Waals surface area contributed by atoms with Gasteiger partial charge >= 0.3 is 0 Å². The van der Waals surface area contributed by atoms with Gasteiger partial charge < -0.3 is 10.1 Å². The largest absolute Gasteiger partial charge is 0.488 e. The van der Waals surface area contributed by atoms with E-state index in [0.29, 0.717) is 12.4 Å². The minimum absolute atomic E-state index is 0.255. The zero-order chi connectivity index (χ0) is 10.3. The molecule has 0 saturated heterocycles. The molecule has 1 N–H and O–H groups in total. The van der Waals surface area contributed by atoms with E-state index in [1.807, 2.05) is 6.07 Å². The van der Waals surface area contributed by atoms with Gasteiger partial charge in [0, 0.05) is 12.0 Å². The van der Waals surface area contributed by atoms with Crippen LogP contribution in [0.25, 0.3) is 0 Å². The van der Waals surface area contributed by atoms with Crippen molar-refractivity contribution in [1.82, 2.24) is 0 Å². The van der Waals surface area contributed by atoms with Crippen molar-refractivity contribution in [3.8, 4) is 5.75 Å². The molecule has 1 aromatic carbocycles. The van der Waals surface area contributed by atoms with Crippen molar-refractivity contribution in [2.24, 2.45) is 5.41 Å². The molecule has 2 aliphatic rings. The first kappa shape index (κ1) is 9.01. The standard InChI is InChI=1S/C12H14FNO/c13-9-3-1-4-10-11(9)15-8-12(7-14-10)5-2-6-12/h1,3-4,14H,2,5-8H2. The fourth-order valence-corrected chi connectivity index (χ4v) is 2.35. The van der Waals surface area contributed by atoms with Gasteiger partial charge in [0.15, 0.2) is 11.6 Å². The van der Waals surface area contributed by atoms with Gasteiger partial charge in [-0.3, -0.25) is 0 Å². The van der Waals surface area contributed by atoms with Crippen molar-refractivity contribution in [2.75, 3.05) is 18.5 Å². The van der Waals surface area contributed by atoms with Gasteiger partial charge in [-0.25, -0.2) is 4.39 Å². The molecule has 2 nitrogen and oxygen atoms in total. The van der Waals surface area contributed by atoms with E-state index in [1.165, 1.54) is 25.3 Å². The highest BCUT2D eigenvalue weighted by atomic mass is 19.1. The number of ether oxygens (including phenoxy) is 1. The molecule has 15 heavy (non-hydrogen) atoms. The first-order chi connectivity index (χ1) is 7.29. The molecule has 80 valence electrons. The number of fused-ring (bicyclic) bond motifs is 1. The van der Waals surface area contributed by atoms with Crippen molar-refractivity contribution in [3.63, 3.8) is 0 Å². The SMILES string of the molecule is Fc1cccc2c1OCC1(CCC1)CN2. The Labute approximate surface area is 88.4 Å². The van der Waals surface area contributed by atoms with Gasteiger partial charge in [0.25, 0.3) is 0 Å². The lowest BCUT2D eigenvalue weighted by Crippen LogP contribution is -2.40. The molecular weight excluding hydrogens is 193 g/mol. The van der Waals surface area contributed by atoms with Crippen LogP contribution in [0.2, 0.25) is 0 Å². The Bertz CT molecular complexity index is 387. The van der Waals surface area contributed by atoms with E-state index in [-0.39, 0.29) is 11.2 Å². The number of benzene rings is 1. The zero-order valence-corrected chi connectivity index (χ0v) is 8.55. The monoisotopic (exact) mass is 207 g/mol. The number of rotatable bonds is 0. The van der Waals surface area contributed by atoms with Gasteiger partial charge in [-0.05, 0) is 25.0 Å². The first-order valence-electron chi connectivity index (χ1n) is 5.44. The van der Waals surface area contributed by atoms with Crippen molar-refractivity contribution >= 4 is 5.69 Å². The van der Waals surface area contributed by atoms with Crippen LogP contribution >= 0.6 is 0 Å². The van der Waals surface area contributed by atoms with Crippen LogP contribution in [0.5, 0.6) is 5.75 Å². The normalized spacial score (nSPS) is 21.9. The summed E-state index contributed by atoms with van der Waals surface area (Å²) in [6, 6.07) is 5.03. The number of hydrogen-bond acceptors (Lipinski definition) is 2. The minimum atomic E-state index is -0.267. The van der Waals surface area contributed by atoms with Gasteiger partial charge in [-0.1, -0.05) is 12.5 Å². The Morgan fingerprint density at radius 2 is 2.20 bits per heavy atom. The van der Waals surface area contributed by atoms with E-state index in [2.05, 4.69) is 5.32 Å². The minimum Gasteiger partial charge on any atom is -0.488 e. The van der Waals surface area contributed by atoms with E-state index >= 15 is 0 Å². The Morgan fingerprint density at radius 1 is 1.33 bits per heavy atom. The molecule has 1 aliphatic heterocycles. The van der Waals surface area contributed by atoms with Gasteiger partial charge in [-0.2, -0.15) is 0 Å². The second-order valence-corrected chi connectivity index (χ2v) is 4.61. The summed E-state index contributed by atoms with van der Waals surface area (Å²) in [7, 11) is 0. The predicted octanol–water partition coefficient (Wildman–Crippen LogP) is 2.80. The summed E-state index contributed by atoms with van der Waals surface area (Å²) in [5.41, 5.74) is 1.05. The number of nitrogens with one attached hydrogen (secondary N) is 1. The van der Waals surface area contributed by atoms with Crippen molar-refractivity contribution in [1.29, 1.82) is 0 Å². The van der Waals surface area contributed by atoms with E-state index in [4.69, 9.17) is 4.74 Å². The van der Waals surface area contributed by atoms with Crippen LogP contribution in [0, 0.1) is 11.2 Å². The third-order valence-electron chi connectivity index (χ3n) is 3.56. The Balaban J connectivity index is 1.91. The summed E-state index contributed by atoms with van der Waals surface area (Å²) in [4.78, 5) is 0. The third kappa shape index (κ3) is 1.37. The van der Waals surface area contributed by atoms with Gasteiger partial charge in [0.1, 0.15) is 0 Å². The van der Waals surface area contributed by atoms with Crippen molar-refractivity contribution < 1.29 is 9.13 Å². The molecule has 0 atom stereocenters. The number of para-hydroxylation sites is 1. The molecule has 0 radical (unpaired) electrons. The second kappa shape index (κ2) is 3.12. The Hall–Kier alpha value is -1.25. The summed E-state index contributed by atoms with van der Waals surface area (Å²) in [5.74, 6) is 0.123. The van der Waals surface area contributed by atoms with E-state index in [0.717, 1.165) is 12.2 Å². The molecule has 1 fully saturated rings. The highest BCUT2D eigenvalue weighted by Crippen LogP contribution is 2.44. The molecule has 3 rings (SSSR count). The van der Waals surface area contributed by atoms with Gasteiger partial charge in [-0.15, -0.1) is 0 Å². The summed E-state index contributed by atoms with van der Waals surface area (Å²) >= 11 is 0. The Morgan fingerprint density at radius 3 is 2.93 bits per heavy atom. The smallest absolute Gasteiger partial charge is 0.178 e. The molecule has 1 aliphatic carbocycles. The van der Waals surface area contributed by atoms with Crippen LogP contribution < -0.4 is 10.1 Å². The fraction of sp³-hybridized carbons (Fsp3) is 0.500. The summed E-state index contributed by atoms with van der Waals surface area (Å²) < 4.78 is 19.1. The highest BCUT2D eigenvalue weighted by Gasteiger charge is 2.39. The van der Waals surface area contributed by atoms with Crippen LogP contribution in [-0.2, 0) is 0 Å². The molecule has 1 spiro atoms. The lowest BCUT2D eigenvalue weighted by molar-refractivity contribution is 0.0746. The topological polar surface area (TPSA) is 21.3 Å². The number of hydrogen-bond donors (Lipinski definition) is 1. The predicted molar refractivity (Wildman–Crippen MR) is 56.7 cm³/mol. The van der Waals surface area contributed by atoms with Crippen LogP contribution in [0.15, 0.2) is 18.2 Å². The molecule has 0 unspecified atom stereocenters. The maximum Gasteiger partial charge on any atom is 0.178 e. The fourth-order valence-electron chi connectivity index (χ4n) is 2.35. The van der Waals surface area contributed by atoms with Crippen LogP contribution in [0.4, 0.5) is 10.1 Å². The summed E-state index contributed by atoms with van der Waals surface area (Å²) in [6.45, 7) is 1.55. The van der Waals surface area contributed by atoms with Gasteiger partial charge in [0.05, 0.1) is 12.3 Å².